The quantitative estimate of drug-likeness (QED) is 0.0241. The van der Waals surface area contributed by atoms with E-state index in [1.54, 1.807) is 12.2 Å². The van der Waals surface area contributed by atoms with E-state index in [0.717, 1.165) is 70.6 Å². The smallest absolute Gasteiger partial charge is 0.462 e. The summed E-state index contributed by atoms with van der Waals surface area (Å²) in [5.41, 5.74) is 5.34. The van der Waals surface area contributed by atoms with Crippen LogP contribution in [0.25, 0.3) is 0 Å². The van der Waals surface area contributed by atoms with Gasteiger partial charge in [-0.05, 0) is 82.6 Å². The number of rotatable bonds is 35. The minimum atomic E-state index is -4.44. The Morgan fingerprint density at radius 2 is 1.46 bits per heavy atom. The standard InChI is InChI=1S/C45H72NO10P/c1-3-5-7-8-9-10-11-12-13-14-15-16-17-18-19-20-26-30-45(50)56-41(38-55-57(51,52)54-36-35-46)37-53-44(49)29-25-22-21-24-27-39-31-34-43(48)42(39)33-32-40(47)28-23-6-4-2/h5,7,9-10,12-13,15-16,21,24,31-34,39-42,47H,3-4,6,8,11,14,17-20,22-23,25-30,35-38,46H2,1-2H3,(H,51,52)/b7-5-,10-9-,13-12-,16-15-,24-21-,33-32+/t39-,40-,41+,42+/m0/s1. The van der Waals surface area contributed by atoms with Crippen LogP contribution >= 0.6 is 7.82 Å². The van der Waals surface area contributed by atoms with Crippen LogP contribution in [0.3, 0.4) is 0 Å². The summed E-state index contributed by atoms with van der Waals surface area (Å²) in [6.07, 6.45) is 41.0. The van der Waals surface area contributed by atoms with Gasteiger partial charge in [-0.25, -0.2) is 4.57 Å². The highest BCUT2D eigenvalue weighted by Crippen LogP contribution is 2.43. The van der Waals surface area contributed by atoms with E-state index >= 15 is 0 Å². The third kappa shape index (κ3) is 29.7. The van der Waals surface area contributed by atoms with Crippen molar-refractivity contribution in [2.75, 3.05) is 26.4 Å². The lowest BCUT2D eigenvalue weighted by Gasteiger charge is -2.19. The lowest BCUT2D eigenvalue weighted by atomic mass is 9.90. The molecule has 0 fully saturated rings. The number of esters is 2. The van der Waals surface area contributed by atoms with Gasteiger partial charge in [-0.3, -0.25) is 23.4 Å². The molecule has 322 valence electrons. The van der Waals surface area contributed by atoms with Crippen molar-refractivity contribution < 1.29 is 47.5 Å². The molecule has 1 aliphatic carbocycles. The van der Waals surface area contributed by atoms with Gasteiger partial charge in [0.2, 0.25) is 0 Å². The van der Waals surface area contributed by atoms with Crippen molar-refractivity contribution in [3.63, 3.8) is 0 Å². The minimum Gasteiger partial charge on any atom is -0.462 e. The van der Waals surface area contributed by atoms with Gasteiger partial charge in [0.1, 0.15) is 6.61 Å². The summed E-state index contributed by atoms with van der Waals surface area (Å²) in [5, 5.41) is 10.2. The van der Waals surface area contributed by atoms with Gasteiger partial charge >= 0.3 is 19.8 Å². The number of allylic oxidation sites excluding steroid dienone is 13. The SMILES string of the molecule is CC/C=C\C/C=C\C/C=C\C/C=C\CCCCCCC(=O)O[C@H](COC(=O)CCC/C=C\C[C@H]1C=CC(=O)[C@@H]1/C=C/[C@@H](O)CCCCC)COP(=O)(O)OCCN. The molecule has 4 N–H and O–H groups in total. The number of nitrogens with two attached hydrogens (primary N) is 1. The Morgan fingerprint density at radius 3 is 2.16 bits per heavy atom. The molecule has 0 spiro atoms. The normalized spacial score (nSPS) is 18.3. The molecule has 0 aliphatic heterocycles. The number of phosphoric acid groups is 1. The highest BCUT2D eigenvalue weighted by Gasteiger charge is 2.27. The van der Waals surface area contributed by atoms with Gasteiger partial charge in [0.15, 0.2) is 11.9 Å². The Balaban J connectivity index is 2.40. The van der Waals surface area contributed by atoms with Gasteiger partial charge < -0.3 is 25.2 Å². The first-order valence-electron chi connectivity index (χ1n) is 21.1. The molecule has 0 saturated heterocycles. The number of carbonyl (C=O) groups is 3. The second-order valence-electron chi connectivity index (χ2n) is 14.1. The van der Waals surface area contributed by atoms with Crippen molar-refractivity contribution in [3.8, 4) is 0 Å². The van der Waals surface area contributed by atoms with Gasteiger partial charge in [-0.2, -0.15) is 0 Å². The van der Waals surface area contributed by atoms with Crippen LogP contribution in [0.15, 0.2) is 85.1 Å². The third-order valence-corrected chi connectivity index (χ3v) is 10.00. The van der Waals surface area contributed by atoms with Gasteiger partial charge in [0.05, 0.1) is 19.3 Å². The highest BCUT2D eigenvalue weighted by atomic mass is 31.2. The van der Waals surface area contributed by atoms with E-state index in [4.69, 9.17) is 24.3 Å². The first-order chi connectivity index (χ1) is 27.6. The van der Waals surface area contributed by atoms with Crippen LogP contribution < -0.4 is 5.73 Å². The van der Waals surface area contributed by atoms with Crippen LogP contribution in [-0.4, -0.2) is 66.3 Å². The number of hydrogen-bond acceptors (Lipinski definition) is 10. The van der Waals surface area contributed by atoms with Crippen molar-refractivity contribution in [1.82, 2.24) is 0 Å². The predicted molar refractivity (Wildman–Crippen MR) is 228 cm³/mol. The Kier molecular flexibility index (Phi) is 31.7. The van der Waals surface area contributed by atoms with Crippen LogP contribution in [0.2, 0.25) is 0 Å². The van der Waals surface area contributed by atoms with Crippen molar-refractivity contribution in [3.05, 3.63) is 85.1 Å². The summed E-state index contributed by atoms with van der Waals surface area (Å²) >= 11 is 0. The number of ketones is 1. The molecular formula is C45H72NO10P. The molecule has 0 heterocycles. The minimum absolute atomic E-state index is 0.0159. The maximum atomic E-state index is 12.6. The largest absolute Gasteiger partial charge is 0.472 e. The molecule has 12 heteroatoms. The average molecular weight is 818 g/mol. The molecule has 0 bridgehead atoms. The maximum absolute atomic E-state index is 12.6. The fourth-order valence-electron chi connectivity index (χ4n) is 5.79. The van der Waals surface area contributed by atoms with Crippen LogP contribution in [0, 0.1) is 11.8 Å². The Morgan fingerprint density at radius 1 is 0.807 bits per heavy atom. The van der Waals surface area contributed by atoms with Gasteiger partial charge in [-0.1, -0.05) is 125 Å². The maximum Gasteiger partial charge on any atom is 0.472 e. The van der Waals surface area contributed by atoms with Gasteiger partial charge in [-0.15, -0.1) is 0 Å². The van der Waals surface area contributed by atoms with E-state index in [1.807, 2.05) is 24.3 Å². The molecule has 5 atom stereocenters. The number of carbonyl (C=O) groups excluding carboxylic acids is 3. The van der Waals surface area contributed by atoms with Crippen LogP contribution in [0.4, 0.5) is 0 Å². The van der Waals surface area contributed by atoms with Gasteiger partial charge in [0.25, 0.3) is 0 Å². The van der Waals surface area contributed by atoms with Crippen LogP contribution in [-0.2, 0) is 37.5 Å². The number of unbranched alkanes of at least 4 members (excludes halogenated alkanes) is 7. The monoisotopic (exact) mass is 817 g/mol. The zero-order valence-corrected chi connectivity index (χ0v) is 35.5. The third-order valence-electron chi connectivity index (χ3n) is 9.01. The predicted octanol–water partition coefficient (Wildman–Crippen LogP) is 9.66. The number of ether oxygens (including phenoxy) is 2. The summed E-state index contributed by atoms with van der Waals surface area (Å²) in [6.45, 7) is 3.23. The number of phosphoric ester groups is 1. The molecule has 11 nitrogen and oxygen atoms in total. The lowest BCUT2D eigenvalue weighted by Crippen LogP contribution is -2.29. The highest BCUT2D eigenvalue weighted by molar-refractivity contribution is 7.47. The summed E-state index contributed by atoms with van der Waals surface area (Å²) in [5.74, 6) is -1.24. The molecule has 1 aliphatic rings. The zero-order valence-electron chi connectivity index (χ0n) is 34.6. The molecule has 1 unspecified atom stereocenters. The fraction of sp³-hybridized carbons (Fsp3) is 0.622. The van der Waals surface area contributed by atoms with Crippen LogP contribution in [0.5, 0.6) is 0 Å². The molecule has 0 aromatic carbocycles. The summed E-state index contributed by atoms with van der Waals surface area (Å²) in [4.78, 5) is 47.4. The molecule has 1 rings (SSSR count). The molecule has 0 saturated carbocycles. The van der Waals surface area contributed by atoms with E-state index in [-0.39, 0.29) is 50.2 Å². The van der Waals surface area contributed by atoms with E-state index in [9.17, 15) is 28.9 Å². The Hall–Kier alpha value is -3.18. The van der Waals surface area contributed by atoms with Crippen molar-refractivity contribution in [2.45, 2.75) is 142 Å². The van der Waals surface area contributed by atoms with Crippen molar-refractivity contribution in [1.29, 1.82) is 0 Å². The number of hydrogen-bond donors (Lipinski definition) is 3. The molecular weight excluding hydrogens is 745 g/mol. The van der Waals surface area contributed by atoms with E-state index < -0.39 is 38.6 Å². The molecule has 0 aromatic rings. The van der Waals surface area contributed by atoms with Crippen molar-refractivity contribution in [2.24, 2.45) is 17.6 Å². The number of aliphatic hydroxyl groups is 1. The molecule has 57 heavy (non-hydrogen) atoms. The average Bonchev–Trinajstić information content (AvgIpc) is 3.54. The second kappa shape index (κ2) is 34.8. The molecule has 0 radical (unpaired) electrons. The first kappa shape index (κ1) is 51.8. The Labute approximate surface area is 342 Å². The van der Waals surface area contributed by atoms with Crippen LogP contribution in [0.1, 0.15) is 129 Å². The lowest BCUT2D eigenvalue weighted by molar-refractivity contribution is -0.161. The fourth-order valence-corrected chi connectivity index (χ4v) is 6.56. The first-order valence-corrected chi connectivity index (χ1v) is 22.6. The number of aliphatic hydroxyl groups excluding tert-OH is 1. The van der Waals surface area contributed by atoms with E-state index in [1.165, 1.54) is 0 Å². The Bertz CT molecular complexity index is 1350. The summed E-state index contributed by atoms with van der Waals surface area (Å²) in [7, 11) is -4.44. The van der Waals surface area contributed by atoms with E-state index in [2.05, 4.69) is 62.5 Å². The zero-order chi connectivity index (χ0) is 41.8. The topological polar surface area (TPSA) is 172 Å². The second-order valence-corrected chi connectivity index (χ2v) is 15.6. The van der Waals surface area contributed by atoms with Gasteiger partial charge in [0, 0.05) is 25.3 Å². The molecule has 0 amide bonds. The van der Waals surface area contributed by atoms with E-state index in [0.29, 0.717) is 32.1 Å². The molecule has 0 aromatic heterocycles. The van der Waals surface area contributed by atoms with Crippen molar-refractivity contribution >= 4 is 25.5 Å². The summed E-state index contributed by atoms with van der Waals surface area (Å²) in [6, 6.07) is 0. The summed E-state index contributed by atoms with van der Waals surface area (Å²) < 4.78 is 32.7.